The topological polar surface area (TPSA) is 94.2 Å². The second-order valence-electron chi connectivity index (χ2n) is 6.96. The van der Waals surface area contributed by atoms with E-state index in [1.807, 2.05) is 0 Å². The van der Waals surface area contributed by atoms with Crippen LogP contribution in [0.15, 0.2) is 0 Å². The van der Waals surface area contributed by atoms with E-state index >= 15 is 0 Å². The van der Waals surface area contributed by atoms with Gasteiger partial charge in [0.05, 0.1) is 6.42 Å². The lowest BCUT2D eigenvalue weighted by Gasteiger charge is -2.29. The Morgan fingerprint density at radius 1 is 1.38 bits per heavy atom. The van der Waals surface area contributed by atoms with E-state index in [-0.39, 0.29) is 12.3 Å². The minimum absolute atomic E-state index is 0.0650. The predicted molar refractivity (Wildman–Crippen MR) is 84.0 cm³/mol. The first-order valence-corrected chi connectivity index (χ1v) is 8.32. The number of nitrogens with zero attached hydrogens (tertiary/aromatic N) is 1. The molecular weight excluding hydrogens is 316 g/mol. The minimum atomic E-state index is -0.775. The number of esters is 1. The number of hydrogen-bond acceptors (Lipinski definition) is 6. The van der Waals surface area contributed by atoms with Crippen LogP contribution in [0.2, 0.25) is 0 Å². The summed E-state index contributed by atoms with van der Waals surface area (Å²) in [5.41, 5.74) is -0.619. The monoisotopic (exact) mass is 342 g/mol. The van der Waals surface area contributed by atoms with E-state index in [0.29, 0.717) is 19.6 Å². The molecular formula is C16H26N2O6. The summed E-state index contributed by atoms with van der Waals surface area (Å²) < 4.78 is 15.7. The number of likely N-dealkylation sites (tertiary alicyclic amines) is 1. The van der Waals surface area contributed by atoms with Gasteiger partial charge in [-0.15, -0.1) is 0 Å². The van der Waals surface area contributed by atoms with Crippen LogP contribution in [0, 0.1) is 0 Å². The van der Waals surface area contributed by atoms with Crippen LogP contribution in [0.25, 0.3) is 0 Å². The van der Waals surface area contributed by atoms with Gasteiger partial charge in [-0.1, -0.05) is 0 Å². The van der Waals surface area contributed by atoms with E-state index in [0.717, 1.165) is 6.42 Å². The molecule has 0 spiro atoms. The molecule has 8 nitrogen and oxygen atoms in total. The molecule has 0 aromatic rings. The molecule has 8 heteroatoms. The Balaban J connectivity index is 1.97. The predicted octanol–water partition coefficient (Wildman–Crippen LogP) is 1.18. The fraction of sp³-hybridized carbons (Fsp3) is 0.812. The number of amides is 2. The molecule has 2 rings (SSSR count). The molecule has 136 valence electrons. The van der Waals surface area contributed by atoms with E-state index < -0.39 is 36.0 Å². The van der Waals surface area contributed by atoms with Gasteiger partial charge in [0.25, 0.3) is 0 Å². The smallest absolute Gasteiger partial charge is 0.410 e. The summed E-state index contributed by atoms with van der Waals surface area (Å²) in [5.74, 6) is -0.722. The Bertz CT molecular complexity index is 501. The van der Waals surface area contributed by atoms with Crippen molar-refractivity contribution in [2.45, 2.75) is 70.9 Å². The van der Waals surface area contributed by atoms with E-state index in [1.165, 1.54) is 4.90 Å². The van der Waals surface area contributed by atoms with Crippen molar-refractivity contribution in [2.75, 3.05) is 13.2 Å². The van der Waals surface area contributed by atoms with E-state index in [4.69, 9.17) is 14.2 Å². The highest BCUT2D eigenvalue weighted by atomic mass is 16.7. The molecule has 0 aromatic carbocycles. The summed E-state index contributed by atoms with van der Waals surface area (Å²) in [6.45, 7) is 7.98. The van der Waals surface area contributed by atoms with Crippen LogP contribution >= 0.6 is 0 Å². The largest absolute Gasteiger partial charge is 0.444 e. The van der Waals surface area contributed by atoms with Gasteiger partial charge >= 0.3 is 12.1 Å². The van der Waals surface area contributed by atoms with Crippen LogP contribution in [0.5, 0.6) is 0 Å². The summed E-state index contributed by atoms with van der Waals surface area (Å²) in [6, 6.07) is -1.14. The summed E-state index contributed by atoms with van der Waals surface area (Å²) in [5, 5.41) is 2.77. The normalized spacial score (nSPS) is 27.1. The fourth-order valence-electron chi connectivity index (χ4n) is 2.83. The molecule has 0 saturated carbocycles. The van der Waals surface area contributed by atoms with Crippen LogP contribution in [0.4, 0.5) is 4.79 Å². The van der Waals surface area contributed by atoms with E-state index in [2.05, 4.69) is 5.32 Å². The number of rotatable bonds is 4. The molecule has 2 aliphatic heterocycles. The van der Waals surface area contributed by atoms with Gasteiger partial charge in [0.15, 0.2) is 0 Å². The molecule has 2 aliphatic rings. The summed E-state index contributed by atoms with van der Waals surface area (Å²) in [4.78, 5) is 37.7. The maximum absolute atomic E-state index is 12.6. The van der Waals surface area contributed by atoms with Crippen molar-refractivity contribution in [3.05, 3.63) is 0 Å². The number of carbonyl (C=O) groups excluding carboxylic acids is 3. The third kappa shape index (κ3) is 4.59. The van der Waals surface area contributed by atoms with Crippen molar-refractivity contribution in [2.24, 2.45) is 0 Å². The van der Waals surface area contributed by atoms with Crippen LogP contribution in [-0.4, -0.2) is 60.0 Å². The lowest BCUT2D eigenvalue weighted by atomic mass is 10.1. The second-order valence-corrected chi connectivity index (χ2v) is 6.96. The van der Waals surface area contributed by atoms with Gasteiger partial charge < -0.3 is 19.5 Å². The average Bonchev–Trinajstić information content (AvgIpc) is 3.04. The molecule has 0 radical (unpaired) electrons. The van der Waals surface area contributed by atoms with Gasteiger partial charge in [-0.25, -0.2) is 4.79 Å². The summed E-state index contributed by atoms with van der Waals surface area (Å²) in [7, 11) is 0. The first-order chi connectivity index (χ1) is 11.2. The highest BCUT2D eigenvalue weighted by Crippen LogP contribution is 2.22. The minimum Gasteiger partial charge on any atom is -0.444 e. The molecule has 3 atom stereocenters. The number of carbonyl (C=O) groups is 3. The third-order valence-electron chi connectivity index (χ3n) is 3.80. The molecule has 2 amide bonds. The van der Waals surface area contributed by atoms with Crippen molar-refractivity contribution in [1.29, 1.82) is 0 Å². The zero-order chi connectivity index (χ0) is 17.9. The molecule has 1 N–H and O–H groups in total. The third-order valence-corrected chi connectivity index (χ3v) is 3.80. The van der Waals surface area contributed by atoms with Crippen molar-refractivity contribution in [1.82, 2.24) is 10.2 Å². The molecule has 0 aromatic heterocycles. The molecule has 2 heterocycles. The quantitative estimate of drug-likeness (QED) is 0.771. The number of hydrogen-bond donors (Lipinski definition) is 1. The molecule has 24 heavy (non-hydrogen) atoms. The fourth-order valence-corrected chi connectivity index (χ4v) is 2.83. The zero-order valence-corrected chi connectivity index (χ0v) is 14.7. The Morgan fingerprint density at radius 2 is 2.08 bits per heavy atom. The van der Waals surface area contributed by atoms with Gasteiger partial charge in [-0.05, 0) is 40.5 Å². The Kier molecular flexibility index (Phi) is 5.69. The van der Waals surface area contributed by atoms with E-state index in [1.54, 1.807) is 27.7 Å². The number of cyclic esters (lactones) is 1. The number of nitrogens with one attached hydrogen (secondary N) is 1. The maximum Gasteiger partial charge on any atom is 0.410 e. The molecule has 0 aliphatic carbocycles. The Hall–Kier alpha value is -1.83. The summed E-state index contributed by atoms with van der Waals surface area (Å²) in [6.07, 6.45) is 0.0800. The lowest BCUT2D eigenvalue weighted by molar-refractivity contribution is -0.164. The standard InChI is InChI=1S/C16H26N2O6/c1-5-22-14-10(9-12(19)23-14)17-13(20)11-7-6-8-18(11)15(21)24-16(2,3)4/h10-11,14H,5-9H2,1-4H3,(H,17,20)/t10-,11+,14+/m0/s1. The van der Waals surface area contributed by atoms with Crippen molar-refractivity contribution in [3.8, 4) is 0 Å². The molecule has 0 bridgehead atoms. The SMILES string of the molecule is CCO[C@@H]1OC(=O)C[C@@H]1NC(=O)[C@H]1CCCN1C(=O)OC(C)(C)C. The van der Waals surface area contributed by atoms with Crippen LogP contribution in [0.3, 0.4) is 0 Å². The van der Waals surface area contributed by atoms with Crippen LogP contribution in [0.1, 0.15) is 47.0 Å². The van der Waals surface area contributed by atoms with Gasteiger partial charge in [0.2, 0.25) is 12.2 Å². The van der Waals surface area contributed by atoms with Crippen molar-refractivity contribution in [3.63, 3.8) is 0 Å². The molecule has 0 unspecified atom stereocenters. The second kappa shape index (κ2) is 7.38. The maximum atomic E-state index is 12.6. The Labute approximate surface area is 141 Å². The molecule has 2 saturated heterocycles. The molecule has 2 fully saturated rings. The van der Waals surface area contributed by atoms with Gasteiger partial charge in [-0.3, -0.25) is 14.5 Å². The first kappa shape index (κ1) is 18.5. The highest BCUT2D eigenvalue weighted by Gasteiger charge is 2.41. The first-order valence-electron chi connectivity index (χ1n) is 8.32. The van der Waals surface area contributed by atoms with Crippen molar-refractivity contribution < 1.29 is 28.6 Å². The lowest BCUT2D eigenvalue weighted by Crippen LogP contribution is -2.51. The van der Waals surface area contributed by atoms with Crippen LogP contribution in [-0.2, 0) is 23.8 Å². The van der Waals surface area contributed by atoms with Gasteiger partial charge in [-0.2, -0.15) is 0 Å². The zero-order valence-electron chi connectivity index (χ0n) is 14.7. The number of ether oxygens (including phenoxy) is 3. The van der Waals surface area contributed by atoms with Crippen molar-refractivity contribution >= 4 is 18.0 Å². The van der Waals surface area contributed by atoms with Crippen LogP contribution < -0.4 is 5.32 Å². The Morgan fingerprint density at radius 3 is 2.71 bits per heavy atom. The average molecular weight is 342 g/mol. The highest BCUT2D eigenvalue weighted by molar-refractivity contribution is 5.87. The van der Waals surface area contributed by atoms with Gasteiger partial charge in [0.1, 0.15) is 17.7 Å². The summed E-state index contributed by atoms with van der Waals surface area (Å²) >= 11 is 0. The van der Waals surface area contributed by atoms with E-state index in [9.17, 15) is 14.4 Å². The van der Waals surface area contributed by atoms with Gasteiger partial charge in [0, 0.05) is 13.2 Å².